The van der Waals surface area contributed by atoms with Crippen LogP contribution in [0.5, 0.6) is 5.88 Å². The fourth-order valence-electron chi connectivity index (χ4n) is 3.17. The Balaban J connectivity index is 0.00000450. The molecule has 1 aliphatic rings. The fraction of sp³-hybridized carbons (Fsp3) is 0.684. The van der Waals surface area contributed by atoms with Gasteiger partial charge in [-0.05, 0) is 24.8 Å². The van der Waals surface area contributed by atoms with E-state index in [-0.39, 0.29) is 41.5 Å². The van der Waals surface area contributed by atoms with Gasteiger partial charge in [-0.1, -0.05) is 25.4 Å². The number of hydrogen-bond acceptors (Lipinski definition) is 4. The van der Waals surface area contributed by atoms with Crippen molar-refractivity contribution in [2.24, 2.45) is 10.9 Å². The van der Waals surface area contributed by atoms with Gasteiger partial charge in [0.25, 0.3) is 0 Å². The highest BCUT2D eigenvalue weighted by Gasteiger charge is 2.31. The monoisotopic (exact) mass is 563 g/mol. The molecule has 1 fully saturated rings. The summed E-state index contributed by atoms with van der Waals surface area (Å²) in [6.45, 7) is 8.30. The molecule has 0 spiro atoms. The van der Waals surface area contributed by atoms with Crippen LogP contribution in [0.1, 0.15) is 32.3 Å². The van der Waals surface area contributed by atoms with Crippen molar-refractivity contribution in [1.29, 1.82) is 0 Å². The number of hydrogen-bond donors (Lipinski definition) is 2. The molecule has 2 heterocycles. The number of nitrogens with one attached hydrogen (secondary N) is 2. The van der Waals surface area contributed by atoms with Crippen LogP contribution in [0.15, 0.2) is 17.3 Å². The van der Waals surface area contributed by atoms with E-state index < -0.39 is 11.7 Å². The second-order valence-electron chi connectivity index (χ2n) is 7.47. The molecule has 0 saturated carbocycles. The Morgan fingerprint density at radius 3 is 2.57 bits per heavy atom. The van der Waals surface area contributed by atoms with E-state index in [0.29, 0.717) is 30.7 Å². The van der Waals surface area contributed by atoms with Gasteiger partial charge < -0.3 is 20.3 Å². The average molecular weight is 564 g/mol. The number of piperidine rings is 1. The zero-order valence-corrected chi connectivity index (χ0v) is 20.5. The van der Waals surface area contributed by atoms with Gasteiger partial charge in [-0.25, -0.2) is 4.98 Å². The first-order valence-corrected chi connectivity index (χ1v) is 10.1. The second kappa shape index (κ2) is 12.7. The van der Waals surface area contributed by atoms with Gasteiger partial charge in [-0.3, -0.25) is 4.99 Å². The van der Waals surface area contributed by atoms with E-state index in [1.54, 1.807) is 7.05 Å². The van der Waals surface area contributed by atoms with Crippen LogP contribution in [0.3, 0.4) is 0 Å². The Kier molecular flexibility index (Phi) is 11.5. The molecule has 1 aliphatic heterocycles. The molecule has 0 unspecified atom stereocenters. The average Bonchev–Trinajstić information content (AvgIpc) is 2.65. The molecule has 0 aliphatic carbocycles. The smallest absolute Gasteiger partial charge is 0.417 e. The maximum absolute atomic E-state index is 12.6. The van der Waals surface area contributed by atoms with Gasteiger partial charge >= 0.3 is 6.18 Å². The maximum atomic E-state index is 12.6. The first kappa shape index (κ1) is 27.0. The molecule has 0 atom stereocenters. The van der Waals surface area contributed by atoms with E-state index in [2.05, 4.69) is 39.4 Å². The Morgan fingerprint density at radius 2 is 2.03 bits per heavy atom. The van der Waals surface area contributed by atoms with Crippen LogP contribution in [0.4, 0.5) is 13.2 Å². The van der Waals surface area contributed by atoms with Crippen molar-refractivity contribution in [1.82, 2.24) is 20.5 Å². The van der Waals surface area contributed by atoms with Crippen LogP contribution in [0.2, 0.25) is 5.02 Å². The summed E-state index contributed by atoms with van der Waals surface area (Å²) in [5.74, 6) is 1.31. The summed E-state index contributed by atoms with van der Waals surface area (Å²) in [6.07, 6.45) is -1.68. The molecule has 2 rings (SSSR count). The minimum absolute atomic E-state index is 0. The van der Waals surface area contributed by atoms with E-state index >= 15 is 0 Å². The molecule has 0 aromatic carbocycles. The van der Waals surface area contributed by atoms with E-state index in [4.69, 9.17) is 16.3 Å². The molecule has 0 amide bonds. The van der Waals surface area contributed by atoms with Crippen molar-refractivity contribution >= 4 is 41.5 Å². The highest BCUT2D eigenvalue weighted by atomic mass is 127. The summed E-state index contributed by atoms with van der Waals surface area (Å²) in [6, 6.07) is 1.17. The van der Waals surface area contributed by atoms with Crippen LogP contribution in [-0.4, -0.2) is 61.7 Å². The Labute approximate surface area is 198 Å². The van der Waals surface area contributed by atoms with Crippen molar-refractivity contribution in [3.8, 4) is 5.88 Å². The number of pyridine rings is 1. The number of nitrogens with zero attached hydrogens (tertiary/aromatic N) is 3. The predicted molar refractivity (Wildman–Crippen MR) is 124 cm³/mol. The van der Waals surface area contributed by atoms with Gasteiger partial charge in [0.2, 0.25) is 5.88 Å². The van der Waals surface area contributed by atoms with Gasteiger partial charge in [-0.15, -0.1) is 24.0 Å². The molecule has 6 nitrogen and oxygen atoms in total. The molecule has 1 aromatic rings. The van der Waals surface area contributed by atoms with Crippen LogP contribution < -0.4 is 15.4 Å². The molecular weight excluding hydrogens is 534 g/mol. The lowest BCUT2D eigenvalue weighted by Crippen LogP contribution is -2.49. The normalized spacial score (nSPS) is 16.3. The van der Waals surface area contributed by atoms with Crippen LogP contribution in [-0.2, 0) is 6.18 Å². The number of likely N-dealkylation sites (tertiary alicyclic amines) is 1. The van der Waals surface area contributed by atoms with Gasteiger partial charge in [0.15, 0.2) is 5.96 Å². The molecule has 11 heteroatoms. The molecule has 2 N–H and O–H groups in total. The largest absolute Gasteiger partial charge is 0.475 e. The Hall–Kier alpha value is -1.01. The second-order valence-corrected chi connectivity index (χ2v) is 7.88. The number of aromatic nitrogens is 1. The zero-order valence-electron chi connectivity index (χ0n) is 17.4. The number of alkyl halides is 3. The Morgan fingerprint density at radius 1 is 1.37 bits per heavy atom. The predicted octanol–water partition coefficient (Wildman–Crippen LogP) is 4.04. The molecule has 0 radical (unpaired) electrons. The van der Waals surface area contributed by atoms with E-state index in [1.165, 1.54) is 0 Å². The number of ether oxygens (including phenoxy) is 1. The van der Waals surface area contributed by atoms with Gasteiger partial charge in [0.1, 0.15) is 11.6 Å². The number of aliphatic imine (C=N–C) groups is 1. The van der Waals surface area contributed by atoms with Gasteiger partial charge in [0.05, 0.1) is 12.1 Å². The number of rotatable bonds is 7. The standard InChI is InChI=1S/C19H29ClF3N5O.HI/c1-13(2)12-28-7-4-15(5-8-28)27-18(24-3)25-6-9-29-17-16(20)10-14(11-26-17)19(21,22)23;/h10-11,13,15H,4-9,12H2,1-3H3,(H2,24,25,27);1H. The third-order valence-corrected chi connectivity index (χ3v) is 4.81. The molecule has 1 saturated heterocycles. The third-order valence-electron chi connectivity index (χ3n) is 4.54. The van der Waals surface area contributed by atoms with Crippen molar-refractivity contribution in [2.45, 2.75) is 38.9 Å². The van der Waals surface area contributed by atoms with Crippen molar-refractivity contribution in [3.63, 3.8) is 0 Å². The third kappa shape index (κ3) is 9.01. The molecule has 172 valence electrons. The molecule has 1 aromatic heterocycles. The highest BCUT2D eigenvalue weighted by Crippen LogP contribution is 2.32. The summed E-state index contributed by atoms with van der Waals surface area (Å²) in [4.78, 5) is 10.3. The zero-order chi connectivity index (χ0) is 21.4. The summed E-state index contributed by atoms with van der Waals surface area (Å²) in [5.41, 5.74) is -0.906. The summed E-state index contributed by atoms with van der Waals surface area (Å²) in [5, 5.41) is 6.37. The van der Waals surface area contributed by atoms with E-state index in [1.807, 2.05) is 0 Å². The minimum atomic E-state index is -4.49. The topological polar surface area (TPSA) is 61.8 Å². The van der Waals surface area contributed by atoms with Crippen molar-refractivity contribution < 1.29 is 17.9 Å². The van der Waals surface area contributed by atoms with E-state index in [0.717, 1.165) is 38.5 Å². The highest BCUT2D eigenvalue weighted by molar-refractivity contribution is 14.0. The fourth-order valence-corrected chi connectivity index (χ4v) is 3.39. The maximum Gasteiger partial charge on any atom is 0.417 e. The summed E-state index contributed by atoms with van der Waals surface area (Å²) in [7, 11) is 1.69. The first-order chi connectivity index (χ1) is 13.7. The van der Waals surface area contributed by atoms with Crippen LogP contribution in [0.25, 0.3) is 0 Å². The van der Waals surface area contributed by atoms with Crippen LogP contribution >= 0.6 is 35.6 Å². The van der Waals surface area contributed by atoms with Gasteiger partial charge in [-0.2, -0.15) is 13.2 Å². The number of halogens is 5. The molecule has 0 bridgehead atoms. The molecular formula is C19H30ClF3IN5O. The van der Waals surface area contributed by atoms with Crippen LogP contribution in [0, 0.1) is 5.92 Å². The SMILES string of the molecule is CN=C(NCCOc1ncc(C(F)(F)F)cc1Cl)NC1CCN(CC(C)C)CC1.I. The number of guanidine groups is 1. The van der Waals surface area contributed by atoms with Crippen molar-refractivity contribution in [2.75, 3.05) is 39.8 Å². The van der Waals surface area contributed by atoms with Gasteiger partial charge in [0, 0.05) is 38.9 Å². The lowest BCUT2D eigenvalue weighted by molar-refractivity contribution is -0.137. The quantitative estimate of drug-likeness (QED) is 0.227. The van der Waals surface area contributed by atoms with E-state index in [9.17, 15) is 13.2 Å². The Bertz CT molecular complexity index is 683. The lowest BCUT2D eigenvalue weighted by atomic mass is 10.0. The first-order valence-electron chi connectivity index (χ1n) is 9.74. The summed E-state index contributed by atoms with van der Waals surface area (Å²) < 4.78 is 43.3. The lowest BCUT2D eigenvalue weighted by Gasteiger charge is -2.33. The minimum Gasteiger partial charge on any atom is -0.475 e. The summed E-state index contributed by atoms with van der Waals surface area (Å²) >= 11 is 5.83. The van der Waals surface area contributed by atoms with Crippen molar-refractivity contribution in [3.05, 3.63) is 22.8 Å². The molecule has 30 heavy (non-hydrogen) atoms.